The van der Waals surface area contributed by atoms with E-state index in [2.05, 4.69) is 4.98 Å². The van der Waals surface area contributed by atoms with Gasteiger partial charge in [-0.3, -0.25) is 4.79 Å². The largest absolute Gasteiger partial charge is 0.481 e. The van der Waals surface area contributed by atoms with Crippen LogP contribution in [0.3, 0.4) is 0 Å². The van der Waals surface area contributed by atoms with Crippen molar-refractivity contribution in [1.29, 1.82) is 0 Å². The summed E-state index contributed by atoms with van der Waals surface area (Å²) in [5.41, 5.74) is 8.60. The van der Waals surface area contributed by atoms with Crippen molar-refractivity contribution in [3.8, 4) is 10.6 Å². The van der Waals surface area contributed by atoms with Crippen LogP contribution >= 0.6 is 23.1 Å². The van der Waals surface area contributed by atoms with Gasteiger partial charge in [0.1, 0.15) is 5.01 Å². The van der Waals surface area contributed by atoms with E-state index in [0.29, 0.717) is 12.3 Å². The maximum absolute atomic E-state index is 10.5. The first-order valence-corrected chi connectivity index (χ1v) is 7.76. The van der Waals surface area contributed by atoms with Crippen molar-refractivity contribution in [2.75, 3.05) is 5.75 Å². The van der Waals surface area contributed by atoms with Crippen LogP contribution in [-0.4, -0.2) is 21.8 Å². The molecule has 0 unspecified atom stereocenters. The first-order chi connectivity index (χ1) is 9.19. The molecule has 0 bridgehead atoms. The minimum atomic E-state index is -0.784. The van der Waals surface area contributed by atoms with Crippen LogP contribution in [0.2, 0.25) is 0 Å². The third-order valence-corrected chi connectivity index (χ3v) is 4.36. The summed E-state index contributed by atoms with van der Waals surface area (Å²) in [5, 5.41) is 11.5. The van der Waals surface area contributed by atoms with Crippen LogP contribution in [0.5, 0.6) is 0 Å². The molecule has 0 saturated carbocycles. The zero-order valence-electron chi connectivity index (χ0n) is 10.2. The van der Waals surface area contributed by atoms with Gasteiger partial charge in [-0.2, -0.15) is 0 Å². The topological polar surface area (TPSA) is 76.2 Å². The molecule has 0 amide bonds. The Morgan fingerprint density at radius 2 is 2.32 bits per heavy atom. The molecule has 100 valence electrons. The number of carboxylic acids is 1. The van der Waals surface area contributed by atoms with Crippen molar-refractivity contribution in [2.24, 2.45) is 5.73 Å². The van der Waals surface area contributed by atoms with E-state index in [0.717, 1.165) is 21.8 Å². The van der Waals surface area contributed by atoms with Gasteiger partial charge in [-0.15, -0.1) is 23.1 Å². The molecule has 0 saturated heterocycles. The molecule has 1 aromatic heterocycles. The molecule has 19 heavy (non-hydrogen) atoms. The molecular formula is C13H14N2O2S2. The zero-order chi connectivity index (χ0) is 13.7. The molecule has 0 fully saturated rings. The fourth-order valence-corrected chi connectivity index (χ4v) is 3.11. The lowest BCUT2D eigenvalue weighted by molar-refractivity contribution is -0.133. The molecule has 0 aliphatic heterocycles. The third kappa shape index (κ3) is 4.05. The molecule has 1 aromatic carbocycles. The molecule has 1 heterocycles. The molecule has 6 heteroatoms. The summed E-state index contributed by atoms with van der Waals surface area (Å²) < 4.78 is 0. The van der Waals surface area contributed by atoms with Crippen molar-refractivity contribution in [3.63, 3.8) is 0 Å². The Hall–Kier alpha value is -1.37. The van der Waals surface area contributed by atoms with Crippen molar-refractivity contribution in [3.05, 3.63) is 40.9 Å². The van der Waals surface area contributed by atoms with Gasteiger partial charge in [0.2, 0.25) is 0 Å². The van der Waals surface area contributed by atoms with Crippen LogP contribution in [0.15, 0.2) is 29.6 Å². The highest BCUT2D eigenvalue weighted by atomic mass is 32.2. The molecule has 0 radical (unpaired) electrons. The molecule has 0 aliphatic carbocycles. The number of carbonyl (C=O) groups is 1. The number of benzene rings is 1. The highest BCUT2D eigenvalue weighted by molar-refractivity contribution is 7.99. The van der Waals surface area contributed by atoms with E-state index in [1.165, 1.54) is 11.8 Å². The van der Waals surface area contributed by atoms with Gasteiger partial charge in [-0.25, -0.2) is 4.98 Å². The van der Waals surface area contributed by atoms with E-state index in [4.69, 9.17) is 10.8 Å². The number of hydrogen-bond donors (Lipinski definition) is 2. The molecule has 2 aromatic rings. The van der Waals surface area contributed by atoms with Gasteiger partial charge in [-0.1, -0.05) is 18.2 Å². The van der Waals surface area contributed by atoms with Crippen LogP contribution in [0, 0.1) is 0 Å². The van der Waals surface area contributed by atoms with Crippen LogP contribution < -0.4 is 5.73 Å². The van der Waals surface area contributed by atoms with Gasteiger partial charge in [0, 0.05) is 23.2 Å². The summed E-state index contributed by atoms with van der Waals surface area (Å²) in [6.07, 6.45) is 0. The van der Waals surface area contributed by atoms with E-state index < -0.39 is 5.97 Å². The maximum atomic E-state index is 10.5. The zero-order valence-corrected chi connectivity index (χ0v) is 11.8. The first-order valence-electron chi connectivity index (χ1n) is 5.72. The van der Waals surface area contributed by atoms with Gasteiger partial charge < -0.3 is 10.8 Å². The molecule has 3 N–H and O–H groups in total. The second kappa shape index (κ2) is 6.70. The second-order valence-electron chi connectivity index (χ2n) is 3.94. The number of carboxylic acid groups (broad SMARTS) is 1. The van der Waals surface area contributed by atoms with Gasteiger partial charge in [0.25, 0.3) is 0 Å². The first kappa shape index (κ1) is 14.0. The Morgan fingerprint density at radius 3 is 3.00 bits per heavy atom. The minimum absolute atomic E-state index is 0.124. The number of nitrogens with two attached hydrogens (primary N) is 1. The minimum Gasteiger partial charge on any atom is -0.481 e. The van der Waals surface area contributed by atoms with Crippen molar-refractivity contribution in [2.45, 2.75) is 12.3 Å². The van der Waals surface area contributed by atoms with Crippen LogP contribution in [-0.2, 0) is 17.1 Å². The second-order valence-corrected chi connectivity index (χ2v) is 5.78. The highest BCUT2D eigenvalue weighted by Crippen LogP contribution is 2.25. The lowest BCUT2D eigenvalue weighted by Crippen LogP contribution is -1.98. The number of thioether (sulfide) groups is 1. The predicted molar refractivity (Wildman–Crippen MR) is 79.2 cm³/mol. The van der Waals surface area contributed by atoms with Gasteiger partial charge >= 0.3 is 5.97 Å². The quantitative estimate of drug-likeness (QED) is 0.856. The van der Waals surface area contributed by atoms with Crippen molar-refractivity contribution >= 4 is 29.1 Å². The van der Waals surface area contributed by atoms with Crippen LogP contribution in [0.25, 0.3) is 10.6 Å². The Labute approximate surface area is 119 Å². The smallest absolute Gasteiger partial charge is 0.313 e. The summed E-state index contributed by atoms with van der Waals surface area (Å²) in [7, 11) is 0. The van der Waals surface area contributed by atoms with E-state index in [9.17, 15) is 4.79 Å². The Bertz CT molecular complexity index is 569. The number of hydrogen-bond acceptors (Lipinski definition) is 5. The molecular weight excluding hydrogens is 280 g/mol. The summed E-state index contributed by atoms with van der Waals surface area (Å²) in [6.45, 7) is 0.449. The summed E-state index contributed by atoms with van der Waals surface area (Å²) >= 11 is 2.96. The summed E-state index contributed by atoms with van der Waals surface area (Å²) in [5.74, 6) is 0.0299. The van der Waals surface area contributed by atoms with Crippen molar-refractivity contribution < 1.29 is 9.90 Å². The van der Waals surface area contributed by atoms with E-state index in [1.807, 2.05) is 29.6 Å². The standard InChI is InChI=1S/C13H14N2O2S2/c14-5-11-7-19-13(15-11)10-3-1-2-9(4-10)6-18-8-12(16)17/h1-4,7H,5-6,8,14H2,(H,16,17). The Morgan fingerprint density at radius 1 is 1.47 bits per heavy atom. The Kier molecular flexibility index (Phi) is 4.95. The van der Waals surface area contributed by atoms with Gasteiger partial charge in [0.15, 0.2) is 0 Å². The lowest BCUT2D eigenvalue weighted by atomic mass is 10.1. The molecule has 0 aliphatic rings. The predicted octanol–water partition coefficient (Wildman–Crippen LogP) is 2.59. The lowest BCUT2D eigenvalue weighted by Gasteiger charge is -2.02. The maximum Gasteiger partial charge on any atom is 0.313 e. The fraction of sp³-hybridized carbons (Fsp3) is 0.231. The number of aliphatic carboxylic acids is 1. The van der Waals surface area contributed by atoms with Gasteiger partial charge in [-0.05, 0) is 11.6 Å². The van der Waals surface area contributed by atoms with E-state index in [1.54, 1.807) is 11.3 Å². The fourth-order valence-electron chi connectivity index (χ4n) is 1.58. The average Bonchev–Trinajstić information content (AvgIpc) is 2.87. The van der Waals surface area contributed by atoms with Crippen molar-refractivity contribution in [1.82, 2.24) is 4.98 Å². The summed E-state index contributed by atoms with van der Waals surface area (Å²) in [6, 6.07) is 8.02. The molecule has 0 spiro atoms. The summed E-state index contributed by atoms with van der Waals surface area (Å²) in [4.78, 5) is 14.9. The van der Waals surface area contributed by atoms with Crippen LogP contribution in [0.4, 0.5) is 0 Å². The third-order valence-electron chi connectivity index (χ3n) is 2.43. The van der Waals surface area contributed by atoms with E-state index in [-0.39, 0.29) is 5.75 Å². The molecule has 2 rings (SSSR count). The normalized spacial score (nSPS) is 10.6. The average molecular weight is 294 g/mol. The number of nitrogens with zero attached hydrogens (tertiary/aromatic N) is 1. The Balaban J connectivity index is 2.08. The van der Waals surface area contributed by atoms with E-state index >= 15 is 0 Å². The molecule has 4 nitrogen and oxygen atoms in total. The number of aromatic nitrogens is 1. The van der Waals surface area contributed by atoms with Gasteiger partial charge in [0.05, 0.1) is 11.4 Å². The highest BCUT2D eigenvalue weighted by Gasteiger charge is 2.05. The van der Waals surface area contributed by atoms with Crippen LogP contribution in [0.1, 0.15) is 11.3 Å². The SMILES string of the molecule is NCc1csc(-c2cccc(CSCC(=O)O)c2)n1. The molecule has 0 atom stereocenters. The monoisotopic (exact) mass is 294 g/mol. The number of thiazole rings is 1. The number of rotatable bonds is 6.